The Morgan fingerprint density at radius 1 is 1.00 bits per heavy atom. The largest absolute Gasteiger partial charge is 0.493 e. The molecule has 12 heteroatoms. The smallest absolute Gasteiger partial charge is 0.307 e. The molecule has 0 spiro atoms. The number of ether oxygens (including phenoxy) is 3. The highest BCUT2D eigenvalue weighted by Crippen LogP contribution is 2.37. The molecule has 230 valence electrons. The molecule has 5 aromatic rings. The van der Waals surface area contributed by atoms with Crippen LogP contribution in [-0.2, 0) is 13.2 Å². The number of nitro benzene ring substituents is 1. The first-order valence-electron chi connectivity index (χ1n) is 13.8. The van der Waals surface area contributed by atoms with Gasteiger partial charge in [0.2, 0.25) is 0 Å². The Labute approximate surface area is 267 Å². The van der Waals surface area contributed by atoms with E-state index >= 15 is 0 Å². The number of aryl methyl sites for hydroxylation is 2. The molecule has 0 saturated carbocycles. The highest BCUT2D eigenvalue weighted by Gasteiger charge is 2.14. The highest BCUT2D eigenvalue weighted by atomic mass is 79.9. The van der Waals surface area contributed by atoms with Crippen molar-refractivity contribution in [3.8, 4) is 22.9 Å². The summed E-state index contributed by atoms with van der Waals surface area (Å²) in [4.78, 5) is 23.2. The number of nitrogens with zero attached hydrogens (tertiary/aromatic N) is 3. The van der Waals surface area contributed by atoms with Gasteiger partial charge in [-0.15, -0.1) is 0 Å². The standard InChI is InChI=1S/C33H29BrN4O7/c1-21-7-8-22(2)37(21)25-9-11-27(12-10-25)43-20-28-13-14-30(45-28)33(39)36-35-18-24-16-29(34)32(31(17-24)42-3)44-19-23-5-4-6-26(15-23)38(40)41/h4-18H,19-20H2,1-3H3,(H,36,39)/b35-18+. The van der Waals surface area contributed by atoms with Gasteiger partial charge >= 0.3 is 5.91 Å². The zero-order valence-electron chi connectivity index (χ0n) is 24.7. The van der Waals surface area contributed by atoms with Crippen LogP contribution >= 0.6 is 15.9 Å². The summed E-state index contributed by atoms with van der Waals surface area (Å²) in [5.74, 6) is 1.54. The fraction of sp³-hybridized carbons (Fsp3) is 0.152. The van der Waals surface area contributed by atoms with E-state index in [0.717, 1.165) is 17.1 Å². The third-order valence-electron chi connectivity index (χ3n) is 6.77. The van der Waals surface area contributed by atoms with Gasteiger partial charge in [-0.05, 0) is 102 Å². The molecule has 0 aliphatic rings. The number of benzene rings is 3. The summed E-state index contributed by atoms with van der Waals surface area (Å²) in [6.07, 6.45) is 1.45. The number of furan rings is 1. The fourth-order valence-electron chi connectivity index (χ4n) is 4.59. The number of hydrogen-bond acceptors (Lipinski definition) is 8. The van der Waals surface area contributed by atoms with E-state index in [1.165, 1.54) is 25.5 Å². The van der Waals surface area contributed by atoms with Gasteiger partial charge in [0.05, 0.1) is 22.7 Å². The Kier molecular flexibility index (Phi) is 9.64. The lowest BCUT2D eigenvalue weighted by atomic mass is 10.2. The molecular formula is C33H29BrN4O7. The number of methoxy groups -OCH3 is 1. The van der Waals surface area contributed by atoms with E-state index in [9.17, 15) is 14.9 Å². The van der Waals surface area contributed by atoms with Gasteiger partial charge in [0, 0.05) is 29.2 Å². The SMILES string of the molecule is COc1cc(/C=N/NC(=O)c2ccc(COc3ccc(-n4c(C)ccc4C)cc3)o2)cc(Br)c1OCc1cccc([N+](=O)[O-])c1. The van der Waals surface area contributed by atoms with E-state index in [2.05, 4.69) is 57.0 Å². The Morgan fingerprint density at radius 3 is 2.47 bits per heavy atom. The lowest BCUT2D eigenvalue weighted by Gasteiger charge is -2.13. The monoisotopic (exact) mass is 672 g/mol. The molecule has 0 bridgehead atoms. The van der Waals surface area contributed by atoms with Crippen LogP contribution in [-0.4, -0.2) is 28.7 Å². The van der Waals surface area contributed by atoms with E-state index in [1.807, 2.05) is 24.3 Å². The third kappa shape index (κ3) is 7.60. The molecule has 0 fully saturated rings. The Balaban J connectivity index is 1.15. The second-order valence-electron chi connectivity index (χ2n) is 9.95. The molecule has 0 atom stereocenters. The van der Waals surface area contributed by atoms with Crippen LogP contribution in [0.25, 0.3) is 5.69 Å². The van der Waals surface area contributed by atoms with Gasteiger partial charge in [0.25, 0.3) is 5.69 Å². The summed E-state index contributed by atoms with van der Waals surface area (Å²) >= 11 is 3.47. The fourth-order valence-corrected chi connectivity index (χ4v) is 5.16. The maximum atomic E-state index is 12.6. The zero-order valence-corrected chi connectivity index (χ0v) is 26.2. The second-order valence-corrected chi connectivity index (χ2v) is 10.8. The summed E-state index contributed by atoms with van der Waals surface area (Å²) in [6.45, 7) is 4.37. The first kappa shape index (κ1) is 31.1. The quantitative estimate of drug-likeness (QED) is 0.0837. The molecule has 0 aliphatic heterocycles. The summed E-state index contributed by atoms with van der Waals surface area (Å²) < 4.78 is 25.6. The third-order valence-corrected chi connectivity index (χ3v) is 7.36. The molecule has 0 saturated heterocycles. The first-order valence-corrected chi connectivity index (χ1v) is 14.5. The van der Waals surface area contributed by atoms with Gasteiger partial charge < -0.3 is 23.2 Å². The van der Waals surface area contributed by atoms with Crippen LogP contribution in [0.5, 0.6) is 17.2 Å². The van der Waals surface area contributed by atoms with Gasteiger partial charge in [-0.3, -0.25) is 14.9 Å². The Hall–Kier alpha value is -5.36. The van der Waals surface area contributed by atoms with Crippen LogP contribution in [0.15, 0.2) is 98.9 Å². The van der Waals surface area contributed by atoms with E-state index < -0.39 is 10.8 Å². The van der Waals surface area contributed by atoms with Crippen molar-refractivity contribution in [1.29, 1.82) is 0 Å². The van der Waals surface area contributed by atoms with Crippen LogP contribution in [0.2, 0.25) is 0 Å². The number of carbonyl (C=O) groups excluding carboxylic acids is 1. The van der Waals surface area contributed by atoms with Crippen LogP contribution in [0.3, 0.4) is 0 Å². The second kappa shape index (κ2) is 14.0. The van der Waals surface area contributed by atoms with Crippen molar-refractivity contribution in [2.24, 2.45) is 5.10 Å². The van der Waals surface area contributed by atoms with E-state index in [4.69, 9.17) is 18.6 Å². The molecule has 5 rings (SSSR count). The summed E-state index contributed by atoms with van der Waals surface area (Å²) in [5, 5.41) is 15.1. The maximum Gasteiger partial charge on any atom is 0.307 e. The van der Waals surface area contributed by atoms with E-state index in [1.54, 1.807) is 36.4 Å². The number of carbonyl (C=O) groups is 1. The van der Waals surface area contributed by atoms with Gasteiger partial charge in [0.15, 0.2) is 17.3 Å². The number of amides is 1. The topological polar surface area (TPSA) is 130 Å². The molecular weight excluding hydrogens is 644 g/mol. The van der Waals surface area contributed by atoms with Crippen molar-refractivity contribution in [3.63, 3.8) is 0 Å². The molecule has 0 unspecified atom stereocenters. The van der Waals surface area contributed by atoms with Crippen molar-refractivity contribution >= 4 is 33.7 Å². The number of hydrazone groups is 1. The van der Waals surface area contributed by atoms with Gasteiger partial charge in [-0.2, -0.15) is 5.10 Å². The lowest BCUT2D eigenvalue weighted by Crippen LogP contribution is -2.16. The van der Waals surface area contributed by atoms with E-state index in [0.29, 0.717) is 38.6 Å². The van der Waals surface area contributed by atoms with Crippen molar-refractivity contribution in [1.82, 2.24) is 9.99 Å². The maximum absolute atomic E-state index is 12.6. The van der Waals surface area contributed by atoms with Crippen LogP contribution in [0.4, 0.5) is 5.69 Å². The number of non-ortho nitro benzene ring substituents is 1. The van der Waals surface area contributed by atoms with Crippen molar-refractivity contribution < 1.29 is 28.3 Å². The predicted molar refractivity (Wildman–Crippen MR) is 171 cm³/mol. The number of nitro groups is 1. The molecule has 11 nitrogen and oxygen atoms in total. The Morgan fingerprint density at radius 2 is 1.76 bits per heavy atom. The number of halogens is 1. The average Bonchev–Trinajstić information content (AvgIpc) is 3.65. The minimum Gasteiger partial charge on any atom is -0.493 e. The molecule has 0 aliphatic carbocycles. The number of rotatable bonds is 12. The van der Waals surface area contributed by atoms with Crippen molar-refractivity contribution in [3.05, 3.63) is 134 Å². The predicted octanol–water partition coefficient (Wildman–Crippen LogP) is 7.29. The average molecular weight is 674 g/mol. The van der Waals surface area contributed by atoms with Crippen molar-refractivity contribution in [2.45, 2.75) is 27.1 Å². The van der Waals surface area contributed by atoms with Gasteiger partial charge in [-0.25, -0.2) is 5.43 Å². The van der Waals surface area contributed by atoms with Crippen LogP contribution in [0.1, 0.15) is 38.8 Å². The van der Waals surface area contributed by atoms with Crippen LogP contribution < -0.4 is 19.6 Å². The summed E-state index contributed by atoms with van der Waals surface area (Å²) in [7, 11) is 1.49. The summed E-state index contributed by atoms with van der Waals surface area (Å²) in [5.41, 5.74) is 7.03. The van der Waals surface area contributed by atoms with E-state index in [-0.39, 0.29) is 24.7 Å². The van der Waals surface area contributed by atoms with Gasteiger partial charge in [0.1, 0.15) is 24.7 Å². The lowest BCUT2D eigenvalue weighted by molar-refractivity contribution is -0.384. The van der Waals surface area contributed by atoms with Crippen LogP contribution in [0, 0.1) is 24.0 Å². The highest BCUT2D eigenvalue weighted by molar-refractivity contribution is 9.10. The zero-order chi connectivity index (χ0) is 31.9. The minimum atomic E-state index is -0.526. The molecule has 1 amide bonds. The molecule has 45 heavy (non-hydrogen) atoms. The molecule has 2 heterocycles. The summed E-state index contributed by atoms with van der Waals surface area (Å²) in [6, 6.07) is 24.8. The minimum absolute atomic E-state index is 0.0187. The molecule has 1 N–H and O–H groups in total. The molecule has 3 aromatic carbocycles. The van der Waals surface area contributed by atoms with Crippen molar-refractivity contribution in [2.75, 3.05) is 7.11 Å². The van der Waals surface area contributed by atoms with Gasteiger partial charge in [-0.1, -0.05) is 12.1 Å². The number of hydrogen-bond donors (Lipinski definition) is 1. The molecule has 2 aromatic heterocycles. The normalized spacial score (nSPS) is 11.0. The number of nitrogens with one attached hydrogen (secondary N) is 1. The molecule has 0 radical (unpaired) electrons. The Bertz CT molecular complexity index is 1840. The first-order chi connectivity index (χ1) is 21.7. The number of aromatic nitrogens is 1.